The van der Waals surface area contributed by atoms with Gasteiger partial charge in [0.25, 0.3) is 5.91 Å². The van der Waals surface area contributed by atoms with Gasteiger partial charge in [-0.2, -0.15) is 0 Å². The highest BCUT2D eigenvalue weighted by Crippen LogP contribution is 2.43. The van der Waals surface area contributed by atoms with Crippen LogP contribution in [0.3, 0.4) is 0 Å². The van der Waals surface area contributed by atoms with Crippen LogP contribution in [0.4, 0.5) is 17.3 Å². The summed E-state index contributed by atoms with van der Waals surface area (Å²) in [5, 5.41) is 3.06. The number of hydrogen-bond acceptors (Lipinski definition) is 4. The quantitative estimate of drug-likeness (QED) is 0.839. The maximum absolute atomic E-state index is 12.8. The lowest BCUT2D eigenvalue weighted by Gasteiger charge is -2.24. The van der Waals surface area contributed by atoms with Gasteiger partial charge in [0, 0.05) is 18.4 Å². The first-order chi connectivity index (χ1) is 12.7. The van der Waals surface area contributed by atoms with Crippen LogP contribution in [-0.2, 0) is 6.42 Å². The average Bonchev–Trinajstić information content (AvgIpc) is 3.50. The van der Waals surface area contributed by atoms with Crippen LogP contribution in [0, 0.1) is 6.92 Å². The molecule has 0 bridgehead atoms. The summed E-state index contributed by atoms with van der Waals surface area (Å²) in [6.45, 7) is 8.17. The summed E-state index contributed by atoms with van der Waals surface area (Å²) in [6, 6.07) is 4.32. The molecule has 1 aliphatic heterocycles. The number of carbonyl (C=O) groups is 1. The highest BCUT2D eigenvalue weighted by molar-refractivity contribution is 6.12. The summed E-state index contributed by atoms with van der Waals surface area (Å²) >= 11 is 0. The highest BCUT2D eigenvalue weighted by Gasteiger charge is 2.38. The van der Waals surface area contributed by atoms with Gasteiger partial charge < -0.3 is 10.2 Å². The Kier molecular flexibility index (Phi) is 5.55. The van der Waals surface area contributed by atoms with Gasteiger partial charge in [0.05, 0.1) is 11.3 Å². The Labute approximate surface area is 155 Å². The van der Waals surface area contributed by atoms with Gasteiger partial charge in [0.15, 0.2) is 5.82 Å². The number of aryl methyl sites for hydroxylation is 2. The molecule has 2 aromatic heterocycles. The second kappa shape index (κ2) is 7.85. The molecule has 1 N–H and O–H groups in total. The van der Waals surface area contributed by atoms with E-state index in [0.717, 1.165) is 60.6 Å². The molecule has 0 spiro atoms. The monoisotopic (exact) mass is 352 g/mol. The largest absolute Gasteiger partial charge is 0.318 e. The van der Waals surface area contributed by atoms with Gasteiger partial charge in [-0.25, -0.2) is 9.97 Å². The van der Waals surface area contributed by atoms with Crippen molar-refractivity contribution < 1.29 is 4.79 Å². The first kappa shape index (κ1) is 18.4. The van der Waals surface area contributed by atoms with Gasteiger partial charge >= 0.3 is 0 Å². The van der Waals surface area contributed by atoms with Gasteiger partial charge in [0.1, 0.15) is 5.82 Å². The normalized spacial score (nSPS) is 15.2. The molecule has 0 aromatic carbocycles. The summed E-state index contributed by atoms with van der Waals surface area (Å²) in [7, 11) is 0. The Bertz CT molecular complexity index is 799. The zero-order valence-electron chi connectivity index (χ0n) is 16.2. The first-order valence-corrected chi connectivity index (χ1v) is 9.74. The number of aromatic nitrogens is 2. The molecule has 0 radical (unpaired) electrons. The predicted octanol–water partition coefficient (Wildman–Crippen LogP) is 5.02. The SMILES string of the molecule is CC.CCCCc1cnc2c(c1)C(=O)Nc1c(C)ccnc1N2C1CC1. The number of rotatable bonds is 4. The fraction of sp³-hybridized carbons (Fsp3) is 0.476. The van der Waals surface area contributed by atoms with Crippen molar-refractivity contribution in [2.45, 2.75) is 65.8 Å². The Morgan fingerprint density at radius 2 is 2.00 bits per heavy atom. The van der Waals surface area contributed by atoms with E-state index in [1.807, 2.05) is 39.1 Å². The Morgan fingerprint density at radius 1 is 1.23 bits per heavy atom. The molecule has 1 fully saturated rings. The standard InChI is InChI=1S/C19H22N4O.C2H6/c1-3-4-5-13-10-15-17(21-11-13)23(14-6-7-14)18-16(22-19(15)24)12(2)8-9-20-18;1-2/h8-11,14H,3-7H2,1-2H3,(H,22,24);1-2H3. The maximum atomic E-state index is 12.8. The molecule has 2 aliphatic rings. The number of carbonyl (C=O) groups excluding carboxylic acids is 1. The molecule has 26 heavy (non-hydrogen) atoms. The minimum atomic E-state index is -0.0867. The van der Waals surface area contributed by atoms with Gasteiger partial charge in [-0.05, 0) is 55.9 Å². The van der Waals surface area contributed by atoms with E-state index in [9.17, 15) is 4.79 Å². The lowest BCUT2D eigenvalue weighted by Crippen LogP contribution is -2.23. The van der Waals surface area contributed by atoms with Crippen LogP contribution < -0.4 is 10.2 Å². The molecule has 1 aliphatic carbocycles. The topological polar surface area (TPSA) is 58.1 Å². The third kappa shape index (κ3) is 3.43. The van der Waals surface area contributed by atoms with E-state index >= 15 is 0 Å². The molecule has 3 heterocycles. The average molecular weight is 352 g/mol. The van der Waals surface area contributed by atoms with Crippen molar-refractivity contribution in [3.63, 3.8) is 0 Å². The molecular formula is C21H28N4O. The minimum absolute atomic E-state index is 0.0867. The van der Waals surface area contributed by atoms with E-state index in [1.165, 1.54) is 0 Å². The molecule has 0 saturated heterocycles. The van der Waals surface area contributed by atoms with Gasteiger partial charge in [0.2, 0.25) is 0 Å². The number of amides is 1. The summed E-state index contributed by atoms with van der Waals surface area (Å²) in [5.41, 5.74) is 3.62. The van der Waals surface area contributed by atoms with E-state index in [2.05, 4.69) is 27.1 Å². The number of unbranched alkanes of at least 4 members (excludes halogenated alkanes) is 1. The molecule has 4 rings (SSSR count). The molecule has 0 unspecified atom stereocenters. The van der Waals surface area contributed by atoms with E-state index in [-0.39, 0.29) is 5.91 Å². The number of fused-ring (bicyclic) bond motifs is 2. The second-order valence-electron chi connectivity index (χ2n) is 6.70. The van der Waals surface area contributed by atoms with E-state index < -0.39 is 0 Å². The lowest BCUT2D eigenvalue weighted by molar-refractivity contribution is 0.102. The third-order valence-corrected chi connectivity index (χ3v) is 4.73. The number of nitrogens with one attached hydrogen (secondary N) is 1. The van der Waals surface area contributed by atoms with Crippen LogP contribution in [0.1, 0.15) is 67.9 Å². The van der Waals surface area contributed by atoms with Crippen molar-refractivity contribution in [2.24, 2.45) is 0 Å². The molecule has 5 heteroatoms. The fourth-order valence-corrected chi connectivity index (χ4v) is 3.22. The predicted molar refractivity (Wildman–Crippen MR) is 106 cm³/mol. The van der Waals surface area contributed by atoms with E-state index in [0.29, 0.717) is 11.6 Å². The Balaban J connectivity index is 0.000000948. The zero-order valence-corrected chi connectivity index (χ0v) is 16.2. The van der Waals surface area contributed by atoms with Crippen molar-refractivity contribution >= 4 is 23.2 Å². The van der Waals surface area contributed by atoms with Crippen LogP contribution in [0.25, 0.3) is 0 Å². The smallest absolute Gasteiger partial charge is 0.259 e. The lowest BCUT2D eigenvalue weighted by atomic mass is 10.1. The number of hydrogen-bond donors (Lipinski definition) is 1. The zero-order chi connectivity index (χ0) is 18.7. The molecule has 2 aromatic rings. The summed E-state index contributed by atoms with van der Waals surface area (Å²) in [5.74, 6) is 1.47. The number of anilines is 3. The van der Waals surface area contributed by atoms with Gasteiger partial charge in [-0.15, -0.1) is 0 Å². The Morgan fingerprint density at radius 3 is 2.69 bits per heavy atom. The molecule has 138 valence electrons. The van der Waals surface area contributed by atoms with E-state index in [4.69, 9.17) is 0 Å². The van der Waals surface area contributed by atoms with Crippen molar-refractivity contribution in [3.8, 4) is 0 Å². The molecular weight excluding hydrogens is 324 g/mol. The molecule has 0 atom stereocenters. The summed E-state index contributed by atoms with van der Waals surface area (Å²) in [4.78, 5) is 24.2. The maximum Gasteiger partial charge on any atom is 0.259 e. The van der Waals surface area contributed by atoms with Gasteiger partial charge in [-0.3, -0.25) is 4.79 Å². The first-order valence-electron chi connectivity index (χ1n) is 9.74. The minimum Gasteiger partial charge on any atom is -0.318 e. The fourth-order valence-electron chi connectivity index (χ4n) is 3.22. The highest BCUT2D eigenvalue weighted by atomic mass is 16.1. The molecule has 1 saturated carbocycles. The van der Waals surface area contributed by atoms with Crippen LogP contribution in [0.15, 0.2) is 24.5 Å². The third-order valence-electron chi connectivity index (χ3n) is 4.73. The molecule has 5 nitrogen and oxygen atoms in total. The van der Waals surface area contributed by atoms with Gasteiger partial charge in [-0.1, -0.05) is 27.2 Å². The number of nitrogens with zero attached hydrogens (tertiary/aromatic N) is 3. The summed E-state index contributed by atoms with van der Waals surface area (Å²) in [6.07, 6.45) is 9.14. The van der Waals surface area contributed by atoms with Crippen LogP contribution >= 0.6 is 0 Å². The Hall–Kier alpha value is -2.43. The van der Waals surface area contributed by atoms with E-state index in [1.54, 1.807) is 6.20 Å². The number of pyridine rings is 2. The summed E-state index contributed by atoms with van der Waals surface area (Å²) < 4.78 is 0. The van der Waals surface area contributed by atoms with Crippen LogP contribution in [-0.4, -0.2) is 21.9 Å². The van der Waals surface area contributed by atoms with Crippen molar-refractivity contribution in [2.75, 3.05) is 10.2 Å². The van der Waals surface area contributed by atoms with Crippen molar-refractivity contribution in [1.82, 2.24) is 9.97 Å². The second-order valence-corrected chi connectivity index (χ2v) is 6.70. The van der Waals surface area contributed by atoms with Crippen LogP contribution in [0.5, 0.6) is 0 Å². The van der Waals surface area contributed by atoms with Crippen molar-refractivity contribution in [1.29, 1.82) is 0 Å². The van der Waals surface area contributed by atoms with Crippen LogP contribution in [0.2, 0.25) is 0 Å². The molecule has 1 amide bonds. The van der Waals surface area contributed by atoms with Crippen molar-refractivity contribution in [3.05, 3.63) is 41.2 Å².